The highest BCUT2D eigenvalue weighted by Gasteiger charge is 2.31. The number of likely N-dealkylation sites (tertiary alicyclic amines) is 1. The van der Waals surface area contributed by atoms with E-state index in [-0.39, 0.29) is 17.9 Å². The number of anilines is 2. The number of unbranched alkanes of at least 4 members (excludes halogenated alkanes) is 2. The second-order valence-electron chi connectivity index (χ2n) is 11.7. The molecule has 0 radical (unpaired) electrons. The normalized spacial score (nSPS) is 14.0. The van der Waals surface area contributed by atoms with E-state index in [0.29, 0.717) is 36.6 Å². The minimum atomic E-state index is -0.236. The summed E-state index contributed by atoms with van der Waals surface area (Å²) in [6, 6.07) is 11.3. The lowest BCUT2D eigenvalue weighted by Crippen LogP contribution is -2.52. The molecule has 5 rings (SSSR count). The Kier molecular flexibility index (Phi) is 10.4. The van der Waals surface area contributed by atoms with Gasteiger partial charge in [-0.05, 0) is 44.2 Å². The van der Waals surface area contributed by atoms with Gasteiger partial charge in [0.1, 0.15) is 29.5 Å². The quantitative estimate of drug-likeness (QED) is 0.122. The zero-order valence-electron chi connectivity index (χ0n) is 26.2. The smallest absolute Gasteiger partial charge is 0.226 e. The first-order chi connectivity index (χ1) is 21.9. The molecule has 3 heterocycles. The molecule has 0 bridgehead atoms. The minimum Gasteiger partial charge on any atom is -0.496 e. The van der Waals surface area contributed by atoms with Gasteiger partial charge in [0.25, 0.3) is 0 Å². The maximum atomic E-state index is 13.0. The van der Waals surface area contributed by atoms with Crippen LogP contribution in [0.2, 0.25) is 0 Å². The fourth-order valence-corrected chi connectivity index (χ4v) is 5.68. The molecule has 45 heavy (non-hydrogen) atoms. The van der Waals surface area contributed by atoms with E-state index in [4.69, 9.17) is 16.1 Å². The van der Waals surface area contributed by atoms with E-state index in [9.17, 15) is 9.59 Å². The van der Waals surface area contributed by atoms with Crippen molar-refractivity contribution in [3.8, 4) is 18.1 Å². The van der Waals surface area contributed by atoms with Crippen LogP contribution in [-0.4, -0.2) is 63.8 Å². The SMILES string of the molecule is C#Cc1cccc(Nc2ncnc3cc(OC)c(Cc4cnc([C@H](CCCCCC(=O)CC)NC(=O)C5CN(C)C5)[nH]4)cc23)c1. The third-order valence-electron chi connectivity index (χ3n) is 8.28. The number of fused-ring (bicyclic) bond motifs is 1. The number of carbonyl (C=O) groups is 2. The van der Waals surface area contributed by atoms with E-state index >= 15 is 0 Å². The Labute approximate surface area is 264 Å². The first-order valence-corrected chi connectivity index (χ1v) is 15.6. The summed E-state index contributed by atoms with van der Waals surface area (Å²) in [7, 11) is 3.66. The number of ketones is 1. The fraction of sp³-hybridized carbons (Fsp3) is 0.400. The largest absolute Gasteiger partial charge is 0.496 e. The molecule has 234 valence electrons. The van der Waals surface area contributed by atoms with Crippen LogP contribution in [0, 0.1) is 18.3 Å². The lowest BCUT2D eigenvalue weighted by Gasteiger charge is -2.35. The van der Waals surface area contributed by atoms with E-state index < -0.39 is 0 Å². The van der Waals surface area contributed by atoms with Crippen molar-refractivity contribution >= 4 is 34.1 Å². The fourth-order valence-electron chi connectivity index (χ4n) is 5.68. The topological polar surface area (TPSA) is 125 Å². The number of imidazole rings is 1. The van der Waals surface area contributed by atoms with Gasteiger partial charge in [-0.25, -0.2) is 15.0 Å². The number of carbonyl (C=O) groups excluding carboxylic acids is 2. The number of nitrogens with one attached hydrogen (secondary N) is 3. The highest BCUT2D eigenvalue weighted by Crippen LogP contribution is 2.31. The van der Waals surface area contributed by atoms with Crippen LogP contribution in [0.25, 0.3) is 10.9 Å². The maximum absolute atomic E-state index is 13.0. The molecule has 10 nitrogen and oxygen atoms in total. The maximum Gasteiger partial charge on any atom is 0.226 e. The summed E-state index contributed by atoms with van der Waals surface area (Å²) in [5, 5.41) is 7.46. The predicted molar refractivity (Wildman–Crippen MR) is 175 cm³/mol. The Hall–Kier alpha value is -4.75. The number of hydrogen-bond donors (Lipinski definition) is 3. The molecular weight excluding hydrogens is 566 g/mol. The molecule has 0 unspecified atom stereocenters. The van der Waals surface area contributed by atoms with Crippen LogP contribution in [0.3, 0.4) is 0 Å². The van der Waals surface area contributed by atoms with Crippen LogP contribution < -0.4 is 15.4 Å². The molecule has 1 fully saturated rings. The highest BCUT2D eigenvalue weighted by molar-refractivity contribution is 5.92. The summed E-state index contributed by atoms with van der Waals surface area (Å²) in [6.45, 7) is 3.43. The molecular formula is C35H41N7O3. The monoisotopic (exact) mass is 607 g/mol. The molecule has 4 aromatic rings. The van der Waals surface area contributed by atoms with Gasteiger partial charge in [-0.3, -0.25) is 9.59 Å². The molecule has 1 atom stereocenters. The van der Waals surface area contributed by atoms with Gasteiger partial charge >= 0.3 is 0 Å². The van der Waals surface area contributed by atoms with E-state index in [2.05, 4.69) is 36.4 Å². The zero-order chi connectivity index (χ0) is 31.8. The Balaban J connectivity index is 1.34. The molecule has 0 saturated carbocycles. The van der Waals surface area contributed by atoms with Crippen LogP contribution in [0.4, 0.5) is 11.5 Å². The molecule has 2 aromatic heterocycles. The summed E-state index contributed by atoms with van der Waals surface area (Å²) in [5.41, 5.74) is 4.19. The summed E-state index contributed by atoms with van der Waals surface area (Å²) in [5.74, 6) is 5.11. The third-order valence-corrected chi connectivity index (χ3v) is 8.28. The Morgan fingerprint density at radius 3 is 2.76 bits per heavy atom. The number of hydrogen-bond acceptors (Lipinski definition) is 8. The van der Waals surface area contributed by atoms with Gasteiger partial charge in [0.2, 0.25) is 5.91 Å². The number of aromatic amines is 1. The molecule has 1 saturated heterocycles. The van der Waals surface area contributed by atoms with E-state index in [1.54, 1.807) is 7.11 Å². The summed E-state index contributed by atoms with van der Waals surface area (Å²) in [4.78, 5) is 44.0. The summed E-state index contributed by atoms with van der Waals surface area (Å²) < 4.78 is 5.75. The Morgan fingerprint density at radius 1 is 1.16 bits per heavy atom. The van der Waals surface area contributed by atoms with Crippen LogP contribution in [-0.2, 0) is 16.0 Å². The average Bonchev–Trinajstić information content (AvgIpc) is 3.50. The number of nitrogens with zero attached hydrogens (tertiary/aromatic N) is 4. The van der Waals surface area contributed by atoms with Crippen LogP contribution in [0.1, 0.15) is 74.1 Å². The van der Waals surface area contributed by atoms with Crippen molar-refractivity contribution in [3.05, 3.63) is 71.6 Å². The molecule has 0 aliphatic carbocycles. The third kappa shape index (κ3) is 8.05. The first kappa shape index (κ1) is 31.7. The minimum absolute atomic E-state index is 0.00460. The summed E-state index contributed by atoms with van der Waals surface area (Å²) >= 11 is 0. The van der Waals surface area contributed by atoms with E-state index in [1.807, 2.05) is 56.6 Å². The first-order valence-electron chi connectivity index (χ1n) is 15.6. The van der Waals surface area contributed by atoms with Gasteiger partial charge in [-0.2, -0.15) is 0 Å². The number of ether oxygens (including phenoxy) is 1. The van der Waals surface area contributed by atoms with E-state index in [0.717, 1.165) is 78.0 Å². The molecule has 3 N–H and O–H groups in total. The van der Waals surface area contributed by atoms with Crippen molar-refractivity contribution < 1.29 is 14.3 Å². The number of benzene rings is 2. The van der Waals surface area contributed by atoms with Crippen LogP contribution >= 0.6 is 0 Å². The van der Waals surface area contributed by atoms with Crippen molar-refractivity contribution in [1.82, 2.24) is 30.2 Å². The number of Topliss-reactive ketones (excluding diaryl/α,β-unsaturated/α-hetero) is 1. The average molecular weight is 608 g/mol. The molecule has 1 amide bonds. The number of aromatic nitrogens is 4. The Morgan fingerprint density at radius 2 is 2.00 bits per heavy atom. The van der Waals surface area contributed by atoms with Crippen molar-refractivity contribution in [1.29, 1.82) is 0 Å². The Bertz CT molecular complexity index is 1690. The van der Waals surface area contributed by atoms with Gasteiger partial charge in [0.15, 0.2) is 0 Å². The number of terminal acetylenes is 1. The van der Waals surface area contributed by atoms with Gasteiger partial charge in [-0.15, -0.1) is 6.42 Å². The predicted octanol–water partition coefficient (Wildman–Crippen LogP) is 5.33. The molecule has 1 aliphatic heterocycles. The highest BCUT2D eigenvalue weighted by atomic mass is 16.5. The van der Waals surface area contributed by atoms with Gasteiger partial charge < -0.3 is 25.3 Å². The second kappa shape index (κ2) is 14.8. The van der Waals surface area contributed by atoms with Crippen molar-refractivity contribution in [3.63, 3.8) is 0 Å². The number of rotatable bonds is 15. The molecule has 1 aliphatic rings. The number of methoxy groups -OCH3 is 1. The standard InChI is InChI=1S/C35H41N7O3/c1-5-23-11-10-12-26(15-23)39-33-29-17-24(32(45-4)18-31(29)37-22-38-33)16-27-19-36-34(40-27)30(14-9-7-8-13-28(43)6-2)41-35(44)25-20-42(3)21-25/h1,10-12,15,17-19,22,25,30H,6-9,13-14,16,20-21H2,2-4H3,(H,36,40)(H,41,44)(H,37,38,39)/t30-/m0/s1. The molecule has 2 aromatic carbocycles. The number of H-pyrrole nitrogens is 1. The van der Waals surface area contributed by atoms with Crippen molar-refractivity contribution in [2.75, 3.05) is 32.6 Å². The summed E-state index contributed by atoms with van der Waals surface area (Å²) in [6.07, 6.45) is 14.1. The van der Waals surface area contributed by atoms with Crippen molar-refractivity contribution in [2.24, 2.45) is 5.92 Å². The molecule has 10 heteroatoms. The lowest BCUT2D eigenvalue weighted by molar-refractivity contribution is -0.130. The number of amides is 1. The zero-order valence-corrected chi connectivity index (χ0v) is 26.2. The van der Waals surface area contributed by atoms with Crippen molar-refractivity contribution in [2.45, 2.75) is 57.9 Å². The van der Waals surface area contributed by atoms with Gasteiger partial charge in [0, 0.05) is 72.5 Å². The molecule has 0 spiro atoms. The van der Waals surface area contributed by atoms with Gasteiger partial charge in [-0.1, -0.05) is 31.8 Å². The van der Waals surface area contributed by atoms with Gasteiger partial charge in [0.05, 0.1) is 24.6 Å². The van der Waals surface area contributed by atoms with Crippen LogP contribution in [0.15, 0.2) is 48.9 Å². The lowest BCUT2D eigenvalue weighted by atomic mass is 9.98. The second-order valence-corrected chi connectivity index (χ2v) is 11.7. The van der Waals surface area contributed by atoms with Crippen LogP contribution in [0.5, 0.6) is 5.75 Å². The van der Waals surface area contributed by atoms with E-state index in [1.165, 1.54) is 6.33 Å².